The van der Waals surface area contributed by atoms with Gasteiger partial charge in [0.25, 0.3) is 6.41 Å². The Hall–Kier alpha value is -2.19. The quantitative estimate of drug-likeness (QED) is 0.664. The molecular weight excluding hydrogens is 308 g/mol. The van der Waals surface area contributed by atoms with Crippen molar-refractivity contribution in [2.45, 2.75) is 32.8 Å². The number of hydrogen-bond donors (Lipinski definition) is 2. The third kappa shape index (κ3) is 4.40. The Morgan fingerprint density at radius 3 is 2.77 bits per heavy atom. The highest BCUT2D eigenvalue weighted by Crippen LogP contribution is 2.24. The second-order valence-corrected chi connectivity index (χ2v) is 6.49. The van der Waals surface area contributed by atoms with E-state index in [1.165, 1.54) is 11.3 Å². The molecule has 0 aromatic carbocycles. The van der Waals surface area contributed by atoms with Gasteiger partial charge < -0.3 is 14.6 Å². The predicted molar refractivity (Wildman–Crippen MR) is 80.4 cm³/mol. The molecule has 0 aliphatic heterocycles. The number of carbonyl (C=O) groups is 2. The molecule has 0 aliphatic rings. The van der Waals surface area contributed by atoms with Crippen molar-refractivity contribution in [3.63, 3.8) is 0 Å². The number of ether oxygens (including phenoxy) is 2. The van der Waals surface area contributed by atoms with Gasteiger partial charge in [0.1, 0.15) is 10.5 Å². The fraction of sp³-hybridized carbons (Fsp3) is 0.357. The minimum Gasteiger partial charge on any atom is -0.444 e. The van der Waals surface area contributed by atoms with E-state index < -0.39 is 24.1 Å². The van der Waals surface area contributed by atoms with Crippen LogP contribution in [0, 0.1) is 0 Å². The van der Waals surface area contributed by atoms with Crippen molar-refractivity contribution in [3.05, 3.63) is 29.3 Å². The Bertz CT molecular complexity index is 659. The van der Waals surface area contributed by atoms with E-state index in [1.54, 1.807) is 39.1 Å². The summed E-state index contributed by atoms with van der Waals surface area (Å²) in [5, 5.41) is 11.6. The highest BCUT2D eigenvalue weighted by Gasteiger charge is 2.21. The second kappa shape index (κ2) is 6.29. The van der Waals surface area contributed by atoms with Gasteiger partial charge in [-0.15, -0.1) is 11.3 Å². The molecule has 2 aromatic heterocycles. The average Bonchev–Trinajstić information content (AvgIpc) is 2.79. The van der Waals surface area contributed by atoms with Crippen LogP contribution in [0.3, 0.4) is 0 Å². The SMILES string of the molecule is CC(C)(C)OC(=O)NC(O)OC(=O)c1cc2ncccc2s1. The molecule has 0 saturated heterocycles. The molecule has 0 saturated carbocycles. The fourth-order valence-electron chi connectivity index (χ4n) is 1.57. The topological polar surface area (TPSA) is 97.8 Å². The van der Waals surface area contributed by atoms with Crippen LogP contribution in [0.25, 0.3) is 10.2 Å². The molecule has 0 radical (unpaired) electrons. The molecule has 1 amide bonds. The molecule has 2 N–H and O–H groups in total. The van der Waals surface area contributed by atoms with Gasteiger partial charge in [-0.05, 0) is 39.0 Å². The monoisotopic (exact) mass is 324 g/mol. The zero-order valence-electron chi connectivity index (χ0n) is 12.3. The summed E-state index contributed by atoms with van der Waals surface area (Å²) < 4.78 is 10.5. The van der Waals surface area contributed by atoms with Crippen LogP contribution in [0.1, 0.15) is 30.4 Å². The molecule has 118 valence electrons. The maximum Gasteiger partial charge on any atom is 0.412 e. The Labute approximate surface area is 130 Å². The first-order valence-electron chi connectivity index (χ1n) is 6.48. The minimum absolute atomic E-state index is 0.277. The fourth-order valence-corrected chi connectivity index (χ4v) is 2.47. The van der Waals surface area contributed by atoms with Crippen molar-refractivity contribution < 1.29 is 24.2 Å². The summed E-state index contributed by atoms with van der Waals surface area (Å²) in [5.74, 6) is -0.758. The van der Waals surface area contributed by atoms with Crippen LogP contribution >= 0.6 is 11.3 Å². The first-order chi connectivity index (χ1) is 10.2. The number of thiophene rings is 1. The van der Waals surface area contributed by atoms with Gasteiger partial charge in [-0.25, -0.2) is 9.59 Å². The number of amides is 1. The predicted octanol–water partition coefficient (Wildman–Crippen LogP) is 2.25. The smallest absolute Gasteiger partial charge is 0.412 e. The molecule has 1 unspecified atom stereocenters. The minimum atomic E-state index is -1.79. The van der Waals surface area contributed by atoms with Gasteiger partial charge in [0, 0.05) is 6.20 Å². The lowest BCUT2D eigenvalue weighted by Gasteiger charge is -2.21. The number of alkyl carbamates (subject to hydrolysis) is 1. The maximum absolute atomic E-state index is 11.9. The van der Waals surface area contributed by atoms with Crippen LogP contribution in [0.15, 0.2) is 24.4 Å². The van der Waals surface area contributed by atoms with Crippen molar-refractivity contribution in [1.82, 2.24) is 10.3 Å². The summed E-state index contributed by atoms with van der Waals surface area (Å²) in [7, 11) is 0. The van der Waals surface area contributed by atoms with Crippen molar-refractivity contribution in [2.24, 2.45) is 0 Å². The van der Waals surface area contributed by atoms with Crippen LogP contribution in [0.2, 0.25) is 0 Å². The van der Waals surface area contributed by atoms with Crippen LogP contribution in [-0.4, -0.2) is 34.2 Å². The van der Waals surface area contributed by atoms with Crippen LogP contribution < -0.4 is 5.32 Å². The van der Waals surface area contributed by atoms with Gasteiger partial charge >= 0.3 is 12.1 Å². The molecule has 2 rings (SSSR count). The highest BCUT2D eigenvalue weighted by atomic mass is 32.1. The summed E-state index contributed by atoms with van der Waals surface area (Å²) >= 11 is 1.18. The molecule has 1 atom stereocenters. The zero-order valence-corrected chi connectivity index (χ0v) is 13.1. The summed E-state index contributed by atoms with van der Waals surface area (Å²) in [6.45, 7) is 5.03. The van der Waals surface area contributed by atoms with E-state index in [9.17, 15) is 14.7 Å². The number of esters is 1. The summed E-state index contributed by atoms with van der Waals surface area (Å²) in [4.78, 5) is 27.7. The van der Waals surface area contributed by atoms with Crippen LogP contribution in [-0.2, 0) is 9.47 Å². The molecule has 0 spiro atoms. The third-order valence-electron chi connectivity index (χ3n) is 2.35. The Morgan fingerprint density at radius 1 is 1.41 bits per heavy atom. The lowest BCUT2D eigenvalue weighted by Crippen LogP contribution is -2.41. The van der Waals surface area contributed by atoms with Gasteiger partial charge in [-0.3, -0.25) is 10.3 Å². The number of carbonyl (C=O) groups excluding carboxylic acids is 2. The lowest BCUT2D eigenvalue weighted by atomic mass is 10.2. The number of aliphatic hydroxyl groups excluding tert-OH is 1. The largest absolute Gasteiger partial charge is 0.444 e. The average molecular weight is 324 g/mol. The number of nitrogens with zero attached hydrogens (tertiary/aromatic N) is 1. The van der Waals surface area contributed by atoms with E-state index in [0.29, 0.717) is 5.52 Å². The van der Waals surface area contributed by atoms with E-state index >= 15 is 0 Å². The maximum atomic E-state index is 11.9. The number of aliphatic hydroxyl groups is 1. The van der Waals surface area contributed by atoms with Crippen molar-refractivity contribution in [3.8, 4) is 0 Å². The molecule has 0 bridgehead atoms. The number of fused-ring (bicyclic) bond motifs is 1. The molecule has 22 heavy (non-hydrogen) atoms. The Kier molecular flexibility index (Phi) is 4.62. The number of pyridine rings is 1. The molecule has 8 heteroatoms. The number of hydrogen-bond acceptors (Lipinski definition) is 7. The van der Waals surface area contributed by atoms with Gasteiger partial charge in [-0.2, -0.15) is 0 Å². The summed E-state index contributed by atoms with van der Waals surface area (Å²) in [5.41, 5.74) is -0.0562. The van der Waals surface area contributed by atoms with E-state index in [-0.39, 0.29) is 4.88 Å². The van der Waals surface area contributed by atoms with Gasteiger partial charge in [0.15, 0.2) is 0 Å². The standard InChI is InChI=1S/C14H16N2O5S/c1-14(2,3)21-13(19)16-12(18)20-11(17)10-7-8-9(22-10)5-4-6-15-8/h4-7,12,18H,1-3H3,(H,16,19). The van der Waals surface area contributed by atoms with Crippen molar-refractivity contribution >= 4 is 33.6 Å². The van der Waals surface area contributed by atoms with E-state index in [4.69, 9.17) is 9.47 Å². The molecular formula is C14H16N2O5S. The molecule has 0 aliphatic carbocycles. The Balaban J connectivity index is 1.95. The van der Waals surface area contributed by atoms with Crippen LogP contribution in [0.4, 0.5) is 4.79 Å². The number of rotatable bonds is 3. The first kappa shape index (κ1) is 16.2. The number of aromatic nitrogens is 1. The molecule has 2 aromatic rings. The normalized spacial score (nSPS) is 12.7. The molecule has 0 fully saturated rings. The van der Waals surface area contributed by atoms with Crippen molar-refractivity contribution in [2.75, 3.05) is 0 Å². The van der Waals surface area contributed by atoms with Crippen molar-refractivity contribution in [1.29, 1.82) is 0 Å². The van der Waals surface area contributed by atoms with Gasteiger partial charge in [-0.1, -0.05) is 0 Å². The summed E-state index contributed by atoms with van der Waals surface area (Å²) in [6, 6.07) is 5.13. The van der Waals surface area contributed by atoms with E-state index in [2.05, 4.69) is 4.98 Å². The van der Waals surface area contributed by atoms with Gasteiger partial charge in [0.2, 0.25) is 0 Å². The highest BCUT2D eigenvalue weighted by molar-refractivity contribution is 7.20. The zero-order chi connectivity index (χ0) is 16.3. The summed E-state index contributed by atoms with van der Waals surface area (Å²) in [6.07, 6.45) is -1.06. The lowest BCUT2D eigenvalue weighted by molar-refractivity contribution is -0.0840. The third-order valence-corrected chi connectivity index (χ3v) is 3.42. The molecule has 2 heterocycles. The molecule has 7 nitrogen and oxygen atoms in total. The van der Waals surface area contributed by atoms with Crippen LogP contribution in [0.5, 0.6) is 0 Å². The number of nitrogens with one attached hydrogen (secondary N) is 1. The van der Waals surface area contributed by atoms with Gasteiger partial charge in [0.05, 0.1) is 10.2 Å². The van der Waals surface area contributed by atoms with E-state index in [1.807, 2.05) is 11.4 Å². The van der Waals surface area contributed by atoms with E-state index in [0.717, 1.165) is 4.70 Å². The Morgan fingerprint density at radius 2 is 2.14 bits per heavy atom. The second-order valence-electron chi connectivity index (χ2n) is 5.40. The first-order valence-corrected chi connectivity index (χ1v) is 7.29.